The Hall–Kier alpha value is -3.38. The number of thiophene rings is 1. The minimum atomic E-state index is -0.364. The van der Waals surface area contributed by atoms with E-state index in [1.165, 1.54) is 0 Å². The first-order valence-electron chi connectivity index (χ1n) is 10.0. The molecule has 2 aromatic heterocycles. The van der Waals surface area contributed by atoms with Crippen molar-refractivity contribution in [3.8, 4) is 0 Å². The van der Waals surface area contributed by atoms with E-state index in [9.17, 15) is 9.59 Å². The van der Waals surface area contributed by atoms with Crippen molar-refractivity contribution in [3.05, 3.63) is 82.2 Å². The van der Waals surface area contributed by atoms with Crippen LogP contribution >= 0.6 is 11.3 Å². The number of hydrogen-bond acceptors (Lipinski definition) is 3. The zero-order chi connectivity index (χ0) is 20.3. The highest BCUT2D eigenvalue weighted by atomic mass is 32.1. The largest absolute Gasteiger partial charge is 0.359 e. The fraction of sp³-hybridized carbons (Fsp3) is 0.167. The standard InChI is InChI=1S/C24H19N3O2S/c28-22(26-20-12-25-19-4-2-1-3-17(19)20)16-5-6-18-21(11-16)27(13-15-7-10-30-14-15)23(29)24(18)8-9-24/h1-7,10-12,14,25H,8-9,13H2,(H,26,28). The van der Waals surface area contributed by atoms with Crippen molar-refractivity contribution < 1.29 is 9.59 Å². The van der Waals surface area contributed by atoms with E-state index in [0.717, 1.165) is 46.2 Å². The average molecular weight is 414 g/mol. The van der Waals surface area contributed by atoms with Gasteiger partial charge in [0.1, 0.15) is 0 Å². The number of hydrogen-bond donors (Lipinski definition) is 2. The normalized spacial score (nSPS) is 16.3. The summed E-state index contributed by atoms with van der Waals surface area (Å²) in [7, 11) is 0. The minimum absolute atomic E-state index is 0.165. The van der Waals surface area contributed by atoms with Gasteiger partial charge in [-0.1, -0.05) is 24.3 Å². The molecule has 2 N–H and O–H groups in total. The fourth-order valence-corrected chi connectivity index (χ4v) is 5.14. The molecule has 6 rings (SSSR count). The summed E-state index contributed by atoms with van der Waals surface area (Å²) < 4.78 is 0. The molecule has 1 aliphatic heterocycles. The molecule has 0 unspecified atom stereocenters. The quantitative estimate of drug-likeness (QED) is 0.491. The van der Waals surface area contributed by atoms with Crippen molar-refractivity contribution >= 4 is 45.4 Å². The van der Waals surface area contributed by atoms with Crippen LogP contribution in [-0.2, 0) is 16.8 Å². The number of fused-ring (bicyclic) bond motifs is 3. The van der Waals surface area contributed by atoms with Crippen molar-refractivity contribution in [2.24, 2.45) is 0 Å². The monoisotopic (exact) mass is 413 g/mol. The third-order valence-corrected chi connectivity index (χ3v) is 6.96. The van der Waals surface area contributed by atoms with Crippen molar-refractivity contribution in [3.63, 3.8) is 0 Å². The number of aromatic amines is 1. The smallest absolute Gasteiger partial charge is 0.255 e. The molecule has 6 heteroatoms. The van der Waals surface area contributed by atoms with Crippen molar-refractivity contribution in [2.45, 2.75) is 24.8 Å². The van der Waals surface area contributed by atoms with Gasteiger partial charge < -0.3 is 15.2 Å². The van der Waals surface area contributed by atoms with Crippen LogP contribution in [0.15, 0.2) is 65.5 Å². The number of nitrogens with zero attached hydrogens (tertiary/aromatic N) is 1. The molecule has 30 heavy (non-hydrogen) atoms. The molecule has 3 heterocycles. The Morgan fingerprint density at radius 1 is 1.17 bits per heavy atom. The Labute approximate surface area is 177 Å². The molecule has 2 amide bonds. The Morgan fingerprint density at radius 2 is 2.03 bits per heavy atom. The van der Waals surface area contributed by atoms with E-state index in [2.05, 4.69) is 15.7 Å². The molecule has 0 radical (unpaired) electrons. The summed E-state index contributed by atoms with van der Waals surface area (Å²) in [5.74, 6) is -0.0138. The van der Waals surface area contributed by atoms with Crippen molar-refractivity contribution in [1.82, 2.24) is 4.98 Å². The highest BCUT2D eigenvalue weighted by Gasteiger charge is 2.59. The maximum atomic E-state index is 13.2. The molecule has 148 valence electrons. The van der Waals surface area contributed by atoms with Crippen molar-refractivity contribution in [2.75, 3.05) is 10.2 Å². The maximum absolute atomic E-state index is 13.2. The fourth-order valence-electron chi connectivity index (χ4n) is 4.48. The third kappa shape index (κ3) is 2.53. The SMILES string of the molecule is O=C(Nc1c[nH]c2ccccc12)c1ccc2c(c1)N(Cc1ccsc1)C(=O)C21CC1. The van der Waals surface area contributed by atoms with Crippen LogP contribution in [0.25, 0.3) is 10.9 Å². The van der Waals surface area contributed by atoms with Crippen LogP contribution in [0.3, 0.4) is 0 Å². The molecule has 5 nitrogen and oxygen atoms in total. The van der Waals surface area contributed by atoms with Gasteiger partial charge in [-0.05, 0) is 59.0 Å². The van der Waals surface area contributed by atoms with E-state index < -0.39 is 0 Å². The minimum Gasteiger partial charge on any atom is -0.359 e. The van der Waals surface area contributed by atoms with Crippen molar-refractivity contribution in [1.29, 1.82) is 0 Å². The molecule has 2 aliphatic rings. The molecule has 1 fully saturated rings. The second-order valence-corrected chi connectivity index (χ2v) is 8.82. The Morgan fingerprint density at radius 3 is 2.83 bits per heavy atom. The lowest BCUT2D eigenvalue weighted by molar-refractivity contribution is -0.120. The first-order chi connectivity index (χ1) is 14.7. The lowest BCUT2D eigenvalue weighted by Gasteiger charge is -2.18. The van der Waals surface area contributed by atoms with Crippen LogP contribution in [0, 0.1) is 0 Å². The molecule has 1 spiro atoms. The lowest BCUT2D eigenvalue weighted by Crippen LogP contribution is -2.31. The predicted molar refractivity (Wildman–Crippen MR) is 119 cm³/mol. The van der Waals surface area contributed by atoms with Crippen LogP contribution in [0.4, 0.5) is 11.4 Å². The van der Waals surface area contributed by atoms with Crippen LogP contribution in [0.1, 0.15) is 34.3 Å². The number of amides is 2. The molecule has 1 aliphatic carbocycles. The van der Waals surface area contributed by atoms with Gasteiger partial charge in [0.05, 0.1) is 17.6 Å². The number of carbonyl (C=O) groups excluding carboxylic acids is 2. The second kappa shape index (κ2) is 6.31. The van der Waals surface area contributed by atoms with E-state index in [4.69, 9.17) is 0 Å². The first-order valence-corrected chi connectivity index (χ1v) is 10.9. The van der Waals surface area contributed by atoms with Gasteiger partial charge >= 0.3 is 0 Å². The summed E-state index contributed by atoms with van der Waals surface area (Å²) in [5.41, 5.74) is 4.97. The summed E-state index contributed by atoms with van der Waals surface area (Å²) >= 11 is 1.63. The highest BCUT2D eigenvalue weighted by Crippen LogP contribution is 2.57. The molecular formula is C24H19N3O2S. The van der Waals surface area contributed by atoms with Crippen LogP contribution in [0.2, 0.25) is 0 Å². The number of rotatable bonds is 4. The molecule has 0 bridgehead atoms. The summed E-state index contributed by atoms with van der Waals surface area (Å²) in [5, 5.41) is 8.07. The van der Waals surface area contributed by atoms with E-state index >= 15 is 0 Å². The molecule has 1 saturated carbocycles. The first kappa shape index (κ1) is 17.5. The summed E-state index contributed by atoms with van der Waals surface area (Å²) in [6.07, 6.45) is 3.58. The Kier molecular flexibility index (Phi) is 3.67. The number of nitrogens with one attached hydrogen (secondary N) is 2. The molecule has 0 saturated heterocycles. The van der Waals surface area contributed by atoms with E-state index in [1.54, 1.807) is 11.3 Å². The molecule has 2 aromatic carbocycles. The van der Waals surface area contributed by atoms with E-state index in [0.29, 0.717) is 12.1 Å². The van der Waals surface area contributed by atoms with Gasteiger partial charge in [0.15, 0.2) is 0 Å². The van der Waals surface area contributed by atoms with E-state index in [1.807, 2.05) is 65.0 Å². The van der Waals surface area contributed by atoms with Gasteiger partial charge in [0.2, 0.25) is 5.91 Å². The van der Waals surface area contributed by atoms with Gasteiger partial charge in [-0.2, -0.15) is 11.3 Å². The summed E-state index contributed by atoms with van der Waals surface area (Å²) in [6.45, 7) is 0.546. The second-order valence-electron chi connectivity index (χ2n) is 8.04. The Bertz CT molecular complexity index is 1300. The van der Waals surface area contributed by atoms with Gasteiger partial charge in [-0.3, -0.25) is 9.59 Å². The lowest BCUT2D eigenvalue weighted by atomic mass is 9.96. The zero-order valence-electron chi connectivity index (χ0n) is 16.1. The number of H-pyrrole nitrogens is 1. The van der Waals surface area contributed by atoms with Gasteiger partial charge in [0, 0.05) is 28.4 Å². The number of aromatic nitrogens is 1. The topological polar surface area (TPSA) is 65.2 Å². The summed E-state index contributed by atoms with van der Waals surface area (Å²) in [6, 6.07) is 15.6. The van der Waals surface area contributed by atoms with E-state index in [-0.39, 0.29) is 17.2 Å². The predicted octanol–water partition coefficient (Wildman–Crippen LogP) is 5.06. The Balaban J connectivity index is 1.34. The number of benzene rings is 2. The maximum Gasteiger partial charge on any atom is 0.255 e. The van der Waals surface area contributed by atoms with Gasteiger partial charge in [0.25, 0.3) is 5.91 Å². The van der Waals surface area contributed by atoms with Gasteiger partial charge in [-0.25, -0.2) is 0 Å². The third-order valence-electron chi connectivity index (χ3n) is 6.23. The summed E-state index contributed by atoms with van der Waals surface area (Å²) in [4.78, 5) is 31.2. The highest BCUT2D eigenvalue weighted by molar-refractivity contribution is 7.07. The number of carbonyl (C=O) groups is 2. The molecular weight excluding hydrogens is 394 g/mol. The number of para-hydroxylation sites is 1. The van der Waals surface area contributed by atoms with Crippen LogP contribution in [-0.4, -0.2) is 16.8 Å². The molecule has 4 aromatic rings. The van der Waals surface area contributed by atoms with Crippen LogP contribution < -0.4 is 10.2 Å². The zero-order valence-corrected chi connectivity index (χ0v) is 17.0. The number of anilines is 2. The van der Waals surface area contributed by atoms with Crippen LogP contribution in [0.5, 0.6) is 0 Å². The van der Waals surface area contributed by atoms with Gasteiger partial charge in [-0.15, -0.1) is 0 Å². The molecule has 0 atom stereocenters. The average Bonchev–Trinajstić information content (AvgIpc) is 3.12.